The van der Waals surface area contributed by atoms with Crippen molar-refractivity contribution in [1.82, 2.24) is 20.3 Å². The second-order valence-electron chi connectivity index (χ2n) is 7.81. The van der Waals surface area contributed by atoms with Gasteiger partial charge < -0.3 is 14.6 Å². The molecule has 3 N–H and O–H groups in total. The third-order valence-corrected chi connectivity index (χ3v) is 5.70. The fourth-order valence-electron chi connectivity index (χ4n) is 4.16. The van der Waals surface area contributed by atoms with Crippen molar-refractivity contribution in [3.63, 3.8) is 0 Å². The number of carbonyl (C=O) groups is 2. The van der Waals surface area contributed by atoms with Crippen LogP contribution in [0, 0.1) is 0 Å². The second-order valence-corrected chi connectivity index (χ2v) is 7.81. The van der Waals surface area contributed by atoms with Gasteiger partial charge in [0.25, 0.3) is 0 Å². The van der Waals surface area contributed by atoms with Gasteiger partial charge >= 0.3 is 17.8 Å². The van der Waals surface area contributed by atoms with Gasteiger partial charge in [-0.15, -0.1) is 5.48 Å². The molecule has 1 aromatic heterocycles. The van der Waals surface area contributed by atoms with Crippen LogP contribution in [0.5, 0.6) is 0 Å². The number of hydrogen-bond acceptors (Lipinski definition) is 6. The van der Waals surface area contributed by atoms with E-state index in [4.69, 9.17) is 9.57 Å². The van der Waals surface area contributed by atoms with E-state index in [0.717, 1.165) is 22.3 Å². The monoisotopic (exact) mass is 458 g/mol. The topological polar surface area (TPSA) is 114 Å². The fourth-order valence-corrected chi connectivity index (χ4v) is 4.16. The number of H-pyrrole nitrogens is 1. The maximum atomic E-state index is 12.7. The third-order valence-electron chi connectivity index (χ3n) is 5.70. The molecule has 34 heavy (non-hydrogen) atoms. The molecule has 2 heterocycles. The molecule has 1 amide bonds. The lowest BCUT2D eigenvalue weighted by Gasteiger charge is -2.14. The Kier molecular flexibility index (Phi) is 5.60. The molecule has 5 rings (SSSR count). The minimum atomic E-state index is -0.526. The van der Waals surface area contributed by atoms with E-state index in [1.807, 2.05) is 48.5 Å². The van der Waals surface area contributed by atoms with Crippen molar-refractivity contribution in [3.8, 4) is 11.1 Å². The lowest BCUT2D eigenvalue weighted by Crippen LogP contribution is -2.22. The van der Waals surface area contributed by atoms with Gasteiger partial charge in [-0.05, 0) is 41.3 Å². The van der Waals surface area contributed by atoms with Crippen molar-refractivity contribution in [2.75, 3.05) is 6.61 Å². The maximum absolute atomic E-state index is 12.7. The number of imidazole rings is 1. The number of nitrogens with one attached hydrogen (secondary N) is 3. The quantitative estimate of drug-likeness (QED) is 0.381. The number of carbonyl (C=O) groups excluding carboxylic acids is 2. The van der Waals surface area contributed by atoms with Gasteiger partial charge in [-0.2, -0.15) is 0 Å². The van der Waals surface area contributed by atoms with Crippen molar-refractivity contribution in [3.05, 3.63) is 93.9 Å². The number of hydrogen-bond donors (Lipinski definition) is 3. The summed E-state index contributed by atoms with van der Waals surface area (Å²) in [6.45, 7) is 2.27. The van der Waals surface area contributed by atoms with Crippen molar-refractivity contribution in [1.29, 1.82) is 0 Å². The van der Waals surface area contributed by atoms with Crippen LogP contribution in [0.15, 0.2) is 71.5 Å². The first-order valence-electron chi connectivity index (χ1n) is 10.8. The van der Waals surface area contributed by atoms with Crippen molar-refractivity contribution < 1.29 is 19.2 Å². The number of ether oxygens (including phenoxy) is 1. The predicted molar refractivity (Wildman–Crippen MR) is 125 cm³/mol. The number of aromatic amines is 1. The molecule has 1 aliphatic rings. The lowest BCUT2D eigenvalue weighted by atomic mass is 9.97. The molecule has 0 saturated carbocycles. The molecule has 9 nitrogen and oxygen atoms in total. The van der Waals surface area contributed by atoms with Gasteiger partial charge in [0.2, 0.25) is 0 Å². The van der Waals surface area contributed by atoms with Gasteiger partial charge in [0.15, 0.2) is 0 Å². The summed E-state index contributed by atoms with van der Waals surface area (Å²) < 4.78 is 6.71. The molecule has 1 saturated heterocycles. The summed E-state index contributed by atoms with van der Waals surface area (Å²) in [5, 5.41) is 2.72. The Labute approximate surface area is 194 Å². The molecule has 4 aromatic rings. The van der Waals surface area contributed by atoms with Gasteiger partial charge in [0.1, 0.15) is 6.17 Å². The van der Waals surface area contributed by atoms with Crippen LogP contribution in [0.3, 0.4) is 0 Å². The van der Waals surface area contributed by atoms with Crippen LogP contribution in [0.4, 0.5) is 4.79 Å². The molecule has 0 aliphatic carbocycles. The predicted octanol–water partition coefficient (Wildman–Crippen LogP) is 3.46. The standard InChI is InChI=1S/C25H22N4O5/c1-2-33-23(30)19-8-5-9-20-21(19)29(24(31)26-20)14-15-10-12-16(13-11-15)17-6-3-4-7-18(17)22-27-25(32)34-28-22/h3-13,22,28H,2,14H2,1H3,(H,26,31)(H,27,32). The number of rotatable bonds is 6. The summed E-state index contributed by atoms with van der Waals surface area (Å²) in [6.07, 6.45) is -0.976. The summed E-state index contributed by atoms with van der Waals surface area (Å²) in [5.41, 5.74) is 7.46. The van der Waals surface area contributed by atoms with E-state index in [1.54, 1.807) is 29.7 Å². The molecule has 0 radical (unpaired) electrons. The highest BCUT2D eigenvalue weighted by Crippen LogP contribution is 2.29. The minimum Gasteiger partial charge on any atom is -0.462 e. The highest BCUT2D eigenvalue weighted by Gasteiger charge is 2.25. The number of aromatic nitrogens is 2. The number of fused-ring (bicyclic) bond motifs is 1. The first kappa shape index (κ1) is 21.5. The molecule has 1 unspecified atom stereocenters. The number of hydroxylamine groups is 1. The van der Waals surface area contributed by atoms with Crippen LogP contribution in [-0.4, -0.2) is 28.2 Å². The first-order valence-corrected chi connectivity index (χ1v) is 10.8. The molecule has 172 valence electrons. The molecule has 9 heteroatoms. The van der Waals surface area contributed by atoms with E-state index >= 15 is 0 Å². The van der Waals surface area contributed by atoms with Crippen LogP contribution >= 0.6 is 0 Å². The summed E-state index contributed by atoms with van der Waals surface area (Å²) in [5.74, 6) is -0.468. The highest BCUT2D eigenvalue weighted by molar-refractivity contribution is 6.02. The van der Waals surface area contributed by atoms with Crippen LogP contribution in [-0.2, 0) is 16.1 Å². The van der Waals surface area contributed by atoms with Crippen LogP contribution in [0.2, 0.25) is 0 Å². The van der Waals surface area contributed by atoms with Gasteiger partial charge in [-0.1, -0.05) is 54.6 Å². The van der Waals surface area contributed by atoms with Gasteiger partial charge in [0, 0.05) is 0 Å². The number of esters is 1. The first-order chi connectivity index (χ1) is 16.5. The number of benzene rings is 3. The Hall–Kier alpha value is -4.37. The van der Waals surface area contributed by atoms with E-state index < -0.39 is 18.2 Å². The lowest BCUT2D eigenvalue weighted by molar-refractivity contribution is 0.0528. The molecular weight excluding hydrogens is 436 g/mol. The van der Waals surface area contributed by atoms with Crippen molar-refractivity contribution in [2.45, 2.75) is 19.6 Å². The van der Waals surface area contributed by atoms with Gasteiger partial charge in [-0.3, -0.25) is 9.88 Å². The summed E-state index contributed by atoms with van der Waals surface area (Å²) >= 11 is 0. The Balaban J connectivity index is 1.47. The normalized spacial score (nSPS) is 15.2. The van der Waals surface area contributed by atoms with E-state index in [1.165, 1.54) is 0 Å². The van der Waals surface area contributed by atoms with E-state index in [-0.39, 0.29) is 18.8 Å². The summed E-state index contributed by atoms with van der Waals surface area (Å²) in [7, 11) is 0. The largest absolute Gasteiger partial charge is 0.462 e. The molecule has 0 spiro atoms. The fraction of sp³-hybridized carbons (Fsp3) is 0.160. The average Bonchev–Trinajstić information content (AvgIpc) is 3.42. The number of para-hydroxylation sites is 1. The average molecular weight is 458 g/mol. The summed E-state index contributed by atoms with van der Waals surface area (Å²) in [6, 6.07) is 20.6. The minimum absolute atomic E-state index is 0.249. The molecule has 1 atom stereocenters. The van der Waals surface area contributed by atoms with Gasteiger partial charge in [-0.25, -0.2) is 14.4 Å². The molecular formula is C25H22N4O5. The number of amides is 1. The van der Waals surface area contributed by atoms with Crippen molar-refractivity contribution in [2.24, 2.45) is 0 Å². The molecule has 1 fully saturated rings. The highest BCUT2D eigenvalue weighted by atomic mass is 16.7. The number of nitrogens with zero attached hydrogens (tertiary/aromatic N) is 1. The smallest absolute Gasteiger partial charge is 0.427 e. The Morgan fingerprint density at radius 3 is 2.56 bits per heavy atom. The van der Waals surface area contributed by atoms with Crippen LogP contribution in [0.25, 0.3) is 22.2 Å². The molecule has 0 bridgehead atoms. The zero-order valence-electron chi connectivity index (χ0n) is 18.3. The Morgan fingerprint density at radius 2 is 1.82 bits per heavy atom. The van der Waals surface area contributed by atoms with Crippen LogP contribution in [0.1, 0.15) is 34.6 Å². The maximum Gasteiger partial charge on any atom is 0.427 e. The third kappa shape index (κ3) is 3.93. The van der Waals surface area contributed by atoms with E-state index in [9.17, 15) is 14.4 Å². The molecule has 3 aromatic carbocycles. The van der Waals surface area contributed by atoms with E-state index in [0.29, 0.717) is 16.6 Å². The SMILES string of the molecule is CCOC(=O)c1cccc2[nH]c(=O)n(Cc3ccc(-c4ccccc4C4NOC(=O)N4)cc3)c12. The van der Waals surface area contributed by atoms with E-state index in [2.05, 4.69) is 15.8 Å². The van der Waals surface area contributed by atoms with Crippen LogP contribution < -0.4 is 16.5 Å². The second kappa shape index (κ2) is 8.87. The zero-order valence-corrected chi connectivity index (χ0v) is 18.3. The Morgan fingerprint density at radius 1 is 1.03 bits per heavy atom. The Bertz CT molecular complexity index is 1440. The van der Waals surface area contributed by atoms with Gasteiger partial charge in [0.05, 0.1) is 29.7 Å². The summed E-state index contributed by atoms with van der Waals surface area (Å²) in [4.78, 5) is 44.2. The molecule has 1 aliphatic heterocycles. The van der Waals surface area contributed by atoms with Crippen molar-refractivity contribution >= 4 is 23.1 Å². The zero-order chi connectivity index (χ0) is 23.7.